The molecule has 1 aliphatic heterocycles. The van der Waals surface area contributed by atoms with E-state index < -0.39 is 5.97 Å². The van der Waals surface area contributed by atoms with Crippen LogP contribution >= 0.6 is 0 Å². The van der Waals surface area contributed by atoms with Crippen molar-refractivity contribution in [3.63, 3.8) is 0 Å². The van der Waals surface area contributed by atoms with E-state index in [0.717, 1.165) is 44.6 Å². The number of benzene rings is 1. The van der Waals surface area contributed by atoms with Crippen LogP contribution in [0.5, 0.6) is 0 Å². The Morgan fingerprint density at radius 1 is 1.23 bits per heavy atom. The van der Waals surface area contributed by atoms with Crippen LogP contribution in [0.2, 0.25) is 0 Å². The zero-order valence-electron chi connectivity index (χ0n) is 16.1. The third-order valence-electron chi connectivity index (χ3n) is 5.32. The molecule has 1 atom stereocenters. The van der Waals surface area contributed by atoms with Crippen LogP contribution in [0, 0.1) is 0 Å². The van der Waals surface area contributed by atoms with Crippen LogP contribution in [0.4, 0.5) is 5.69 Å². The molecule has 0 saturated carbocycles. The third kappa shape index (κ3) is 5.54. The van der Waals surface area contributed by atoms with Gasteiger partial charge in [-0.25, -0.2) is 0 Å². The monoisotopic (exact) mass is 361 g/mol. The van der Waals surface area contributed by atoms with Gasteiger partial charge in [0.15, 0.2) is 0 Å². The van der Waals surface area contributed by atoms with E-state index in [4.69, 9.17) is 5.11 Å². The molecule has 26 heavy (non-hydrogen) atoms. The maximum absolute atomic E-state index is 12.5. The highest BCUT2D eigenvalue weighted by molar-refractivity contribution is 5.94. The molecule has 1 aromatic carbocycles. The number of carboxylic acid groups (broad SMARTS) is 1. The lowest BCUT2D eigenvalue weighted by atomic mass is 10.0. The molecule has 0 aromatic heterocycles. The summed E-state index contributed by atoms with van der Waals surface area (Å²) < 4.78 is 0. The molecule has 1 aromatic rings. The highest BCUT2D eigenvalue weighted by Crippen LogP contribution is 2.19. The fraction of sp³-hybridized carbons (Fsp3) is 0.600. The lowest BCUT2D eigenvalue weighted by Gasteiger charge is -2.39. The number of nitrogens with one attached hydrogen (secondary N) is 1. The molecule has 0 radical (unpaired) electrons. The average Bonchev–Trinajstić information content (AvgIpc) is 2.66. The molecule has 6 nitrogen and oxygen atoms in total. The Morgan fingerprint density at radius 3 is 2.35 bits per heavy atom. The number of likely N-dealkylation sites (N-methyl/N-ethyl adjacent to an activating group) is 1. The molecular weight excluding hydrogens is 330 g/mol. The minimum Gasteiger partial charge on any atom is -0.480 e. The van der Waals surface area contributed by atoms with Crippen LogP contribution in [0.25, 0.3) is 0 Å². The van der Waals surface area contributed by atoms with Gasteiger partial charge in [0, 0.05) is 24.8 Å². The van der Waals surface area contributed by atoms with Crippen molar-refractivity contribution in [3.8, 4) is 0 Å². The number of piperidine rings is 1. The molecule has 144 valence electrons. The maximum atomic E-state index is 12.5. The first-order chi connectivity index (χ1) is 12.4. The van der Waals surface area contributed by atoms with Crippen molar-refractivity contribution in [3.05, 3.63) is 29.8 Å². The maximum Gasteiger partial charge on any atom is 0.317 e. The van der Waals surface area contributed by atoms with Crippen molar-refractivity contribution >= 4 is 17.6 Å². The molecule has 2 rings (SSSR count). The number of likely N-dealkylation sites (tertiary alicyclic amines) is 1. The van der Waals surface area contributed by atoms with Crippen LogP contribution in [-0.4, -0.2) is 65.0 Å². The fourth-order valence-electron chi connectivity index (χ4n) is 3.55. The van der Waals surface area contributed by atoms with Crippen LogP contribution in [-0.2, 0) is 16.0 Å². The fourth-order valence-corrected chi connectivity index (χ4v) is 3.55. The van der Waals surface area contributed by atoms with Crippen LogP contribution in [0.3, 0.4) is 0 Å². The number of carboxylic acids is 1. The van der Waals surface area contributed by atoms with Crippen molar-refractivity contribution in [1.29, 1.82) is 0 Å². The minimum atomic E-state index is -0.781. The molecule has 1 heterocycles. The first kappa shape index (κ1) is 20.4. The average molecular weight is 361 g/mol. The van der Waals surface area contributed by atoms with Crippen molar-refractivity contribution in [1.82, 2.24) is 9.80 Å². The van der Waals surface area contributed by atoms with Crippen molar-refractivity contribution in [2.24, 2.45) is 0 Å². The Hall–Kier alpha value is -1.92. The van der Waals surface area contributed by atoms with Gasteiger partial charge in [-0.3, -0.25) is 19.4 Å². The second kappa shape index (κ2) is 9.69. The molecule has 6 heteroatoms. The van der Waals surface area contributed by atoms with E-state index in [9.17, 15) is 9.59 Å². The summed E-state index contributed by atoms with van der Waals surface area (Å²) in [6.07, 6.45) is 2.77. The number of hydrogen-bond donors (Lipinski definition) is 2. The van der Waals surface area contributed by atoms with E-state index in [-0.39, 0.29) is 24.5 Å². The number of nitrogens with zero attached hydrogens (tertiary/aromatic N) is 2. The van der Waals surface area contributed by atoms with Gasteiger partial charge in [-0.1, -0.05) is 26.0 Å². The highest BCUT2D eigenvalue weighted by atomic mass is 16.4. The lowest BCUT2D eigenvalue weighted by Crippen LogP contribution is -2.51. The zero-order valence-corrected chi connectivity index (χ0v) is 16.1. The summed E-state index contributed by atoms with van der Waals surface area (Å²) in [6, 6.07) is 8.04. The number of rotatable bonds is 8. The number of aliphatic carboxylic acids is 1. The van der Waals surface area contributed by atoms with E-state index in [1.165, 1.54) is 5.56 Å². The number of carbonyl (C=O) groups is 2. The van der Waals surface area contributed by atoms with Crippen LogP contribution < -0.4 is 5.32 Å². The number of hydrogen-bond acceptors (Lipinski definition) is 4. The zero-order chi connectivity index (χ0) is 19.1. The Bertz CT molecular complexity index is 595. The number of anilines is 1. The Labute approximate surface area is 156 Å². The van der Waals surface area contributed by atoms with Crippen LogP contribution in [0.15, 0.2) is 24.3 Å². The summed E-state index contributed by atoms with van der Waals surface area (Å²) in [5.41, 5.74) is 2.08. The summed E-state index contributed by atoms with van der Waals surface area (Å²) in [6.45, 7) is 8.48. The summed E-state index contributed by atoms with van der Waals surface area (Å²) >= 11 is 0. The molecule has 1 unspecified atom stereocenters. The van der Waals surface area contributed by atoms with Gasteiger partial charge in [-0.05, 0) is 50.4 Å². The SMILES string of the molecule is CCc1ccc(NC(=O)C(C)N2CCC(N(CC)CC(=O)O)CC2)cc1. The lowest BCUT2D eigenvalue weighted by molar-refractivity contribution is -0.139. The third-order valence-corrected chi connectivity index (χ3v) is 5.32. The van der Waals surface area contributed by atoms with E-state index in [2.05, 4.69) is 17.1 Å². The molecule has 2 N–H and O–H groups in total. The highest BCUT2D eigenvalue weighted by Gasteiger charge is 2.29. The molecule has 1 saturated heterocycles. The summed E-state index contributed by atoms with van der Waals surface area (Å²) in [5.74, 6) is -0.776. The Morgan fingerprint density at radius 2 is 1.85 bits per heavy atom. The molecular formula is C20H31N3O3. The van der Waals surface area contributed by atoms with Crippen molar-refractivity contribution in [2.45, 2.75) is 52.1 Å². The largest absolute Gasteiger partial charge is 0.480 e. The minimum absolute atomic E-state index is 0.00517. The predicted molar refractivity (Wildman–Crippen MR) is 103 cm³/mol. The summed E-state index contributed by atoms with van der Waals surface area (Å²) in [5, 5.41) is 12.0. The van der Waals surface area contributed by atoms with Gasteiger partial charge in [0.2, 0.25) is 5.91 Å². The normalized spacial score (nSPS) is 17.2. The quantitative estimate of drug-likeness (QED) is 0.744. The number of amides is 1. The van der Waals surface area contributed by atoms with Crippen LogP contribution in [0.1, 0.15) is 39.2 Å². The second-order valence-electron chi connectivity index (χ2n) is 6.94. The Kier molecular flexibility index (Phi) is 7.60. The second-order valence-corrected chi connectivity index (χ2v) is 6.94. The molecule has 1 amide bonds. The van der Waals surface area contributed by atoms with E-state index in [1.807, 2.05) is 43.0 Å². The molecule has 1 aliphatic rings. The van der Waals surface area contributed by atoms with E-state index in [1.54, 1.807) is 0 Å². The van der Waals surface area contributed by atoms with Crippen molar-refractivity contribution in [2.75, 3.05) is 31.5 Å². The van der Waals surface area contributed by atoms with E-state index >= 15 is 0 Å². The van der Waals surface area contributed by atoms with Crippen molar-refractivity contribution < 1.29 is 14.7 Å². The summed E-state index contributed by atoms with van der Waals surface area (Å²) in [4.78, 5) is 27.7. The predicted octanol–water partition coefficient (Wildman–Crippen LogP) is 2.45. The van der Waals surface area contributed by atoms with Gasteiger partial charge in [-0.15, -0.1) is 0 Å². The molecule has 1 fully saturated rings. The molecule has 0 spiro atoms. The van der Waals surface area contributed by atoms with Gasteiger partial charge in [0.05, 0.1) is 12.6 Å². The standard InChI is InChI=1S/C20H31N3O3/c1-4-16-6-8-17(9-7-16)21-20(26)15(3)23-12-10-18(11-13-23)22(5-2)14-19(24)25/h6-9,15,18H,4-5,10-14H2,1-3H3,(H,21,26)(H,24,25). The van der Waals surface area contributed by atoms with Gasteiger partial charge in [0.1, 0.15) is 0 Å². The van der Waals surface area contributed by atoms with Gasteiger partial charge >= 0.3 is 5.97 Å². The molecule has 0 aliphatic carbocycles. The van der Waals surface area contributed by atoms with Gasteiger partial charge < -0.3 is 10.4 Å². The first-order valence-electron chi connectivity index (χ1n) is 9.54. The number of carbonyl (C=O) groups excluding carboxylic acids is 1. The van der Waals surface area contributed by atoms with Gasteiger partial charge in [0.25, 0.3) is 0 Å². The van der Waals surface area contributed by atoms with Gasteiger partial charge in [-0.2, -0.15) is 0 Å². The molecule has 0 bridgehead atoms. The van der Waals surface area contributed by atoms with E-state index in [0.29, 0.717) is 0 Å². The Balaban J connectivity index is 1.85. The smallest absolute Gasteiger partial charge is 0.317 e. The number of aryl methyl sites for hydroxylation is 1. The first-order valence-corrected chi connectivity index (χ1v) is 9.54. The summed E-state index contributed by atoms with van der Waals surface area (Å²) in [7, 11) is 0. The topological polar surface area (TPSA) is 72.9 Å².